The van der Waals surface area contributed by atoms with Crippen molar-refractivity contribution in [3.63, 3.8) is 0 Å². The average Bonchev–Trinajstić information content (AvgIpc) is 3.04. The van der Waals surface area contributed by atoms with Gasteiger partial charge in [0, 0.05) is 23.4 Å². The maximum atomic E-state index is 14.2. The van der Waals surface area contributed by atoms with E-state index in [0.29, 0.717) is 6.42 Å². The van der Waals surface area contributed by atoms with Crippen molar-refractivity contribution < 1.29 is 59.0 Å². The molecule has 3 aromatic rings. The Morgan fingerprint density at radius 1 is 0.648 bits per heavy atom. The van der Waals surface area contributed by atoms with Crippen LogP contribution in [0.2, 0.25) is 0 Å². The molecule has 1 aromatic carbocycles. The minimum absolute atomic E-state index is 0.0112. The summed E-state index contributed by atoms with van der Waals surface area (Å²) in [5.41, 5.74) is -5.10. The van der Waals surface area contributed by atoms with Gasteiger partial charge in [-0.1, -0.05) is 23.7 Å². The molecule has 0 aliphatic rings. The predicted octanol–water partition coefficient (Wildman–Crippen LogP) is 6.92. The zero-order valence-corrected chi connectivity index (χ0v) is 29.6. The number of pyridine rings is 2. The van der Waals surface area contributed by atoms with Crippen molar-refractivity contribution in [2.24, 2.45) is 0 Å². The number of nitrogens with one attached hydrogen (secondary N) is 3. The fourth-order valence-corrected chi connectivity index (χ4v) is 4.23. The summed E-state index contributed by atoms with van der Waals surface area (Å²) < 4.78 is 122. The summed E-state index contributed by atoms with van der Waals surface area (Å²) in [4.78, 5) is 43.0. The van der Waals surface area contributed by atoms with Gasteiger partial charge < -0.3 is 25.4 Å². The lowest BCUT2D eigenvalue weighted by atomic mass is 10.1. The number of carbonyl (C=O) groups is 3. The molecule has 288 valence electrons. The first-order chi connectivity index (χ1) is 25.0. The third kappa shape index (κ3) is 12.6. The Morgan fingerprint density at radius 3 is 1.50 bits per heavy atom. The van der Waals surface area contributed by atoms with Crippen molar-refractivity contribution in [2.75, 3.05) is 11.9 Å². The maximum Gasteiger partial charge on any atom is 0.408 e. The van der Waals surface area contributed by atoms with Gasteiger partial charge in [-0.3, -0.25) is 4.79 Å². The molecule has 3 N–H and O–H groups in total. The van der Waals surface area contributed by atoms with Crippen LogP contribution in [-0.2, 0) is 14.3 Å². The zero-order valence-electron chi connectivity index (χ0n) is 29.6. The first-order valence-electron chi connectivity index (χ1n) is 15.9. The first kappa shape index (κ1) is 42.5. The molecular formula is C36H33F8N5O5. The summed E-state index contributed by atoms with van der Waals surface area (Å²) in [6.45, 7) is 9.94. The van der Waals surface area contributed by atoms with Gasteiger partial charge in [-0.15, -0.1) is 0 Å². The number of halogens is 8. The molecule has 54 heavy (non-hydrogen) atoms. The normalized spacial score (nSPS) is 11.7. The molecule has 0 saturated heterocycles. The molecule has 3 amide bonds. The highest BCUT2D eigenvalue weighted by atomic mass is 19.2. The summed E-state index contributed by atoms with van der Waals surface area (Å²) >= 11 is 0. The number of nitrogens with zero attached hydrogens (tertiary/aromatic N) is 2. The highest BCUT2D eigenvalue weighted by Crippen LogP contribution is 2.20. The first-order valence-corrected chi connectivity index (χ1v) is 15.9. The van der Waals surface area contributed by atoms with Gasteiger partial charge in [0.1, 0.15) is 28.4 Å². The van der Waals surface area contributed by atoms with E-state index >= 15 is 0 Å². The van der Waals surface area contributed by atoms with E-state index in [9.17, 15) is 49.5 Å². The SMILES string of the molecule is CC(C)(C)OC(=O)NCCCC[C@H](NC(=O)OC(C)(C)C)C(=O)Nc1cc(C#Cc2c(F)c(F)nc(F)c2F)cc(C#Cc2c(F)c(F)nc(F)c2F)c1. The Morgan fingerprint density at radius 2 is 1.07 bits per heavy atom. The van der Waals surface area contributed by atoms with Gasteiger partial charge in [-0.2, -0.15) is 27.5 Å². The smallest absolute Gasteiger partial charge is 0.408 e. The van der Waals surface area contributed by atoms with Gasteiger partial charge in [0.2, 0.25) is 5.91 Å². The number of alkyl carbamates (subject to hydrolysis) is 2. The average molecular weight is 768 g/mol. The fraction of sp³-hybridized carbons (Fsp3) is 0.361. The minimum atomic E-state index is -1.99. The standard InChI is InChI=1S/C36H33F8N5O5/c1-35(2,3)53-33(51)45-14-8-7-9-23(47-34(52)54-36(4,5)6)32(50)46-20-16-18(10-12-21-24(37)28(41)48-29(42)25(21)38)15-19(17-20)11-13-22-26(39)30(43)49-31(44)27(22)40/h15-17,23H,7-9,14H2,1-6H3,(H,45,51)(H,46,50)(H,47,52)/t23-/m0/s1. The topological polar surface area (TPSA) is 132 Å². The Hall–Kier alpha value is -5.91. The van der Waals surface area contributed by atoms with E-state index in [1.54, 1.807) is 41.5 Å². The van der Waals surface area contributed by atoms with E-state index in [-0.39, 0.29) is 36.2 Å². The van der Waals surface area contributed by atoms with E-state index in [0.717, 1.165) is 18.2 Å². The lowest BCUT2D eigenvalue weighted by Crippen LogP contribution is -2.45. The number of aromatic nitrogens is 2. The number of rotatable bonds is 8. The van der Waals surface area contributed by atoms with Crippen molar-refractivity contribution in [1.29, 1.82) is 0 Å². The van der Waals surface area contributed by atoms with Gasteiger partial charge in [0.15, 0.2) is 23.3 Å². The molecule has 0 bridgehead atoms. The van der Waals surface area contributed by atoms with Crippen LogP contribution in [0.25, 0.3) is 0 Å². The summed E-state index contributed by atoms with van der Waals surface area (Å²) in [6.07, 6.45) is -1.06. The third-order valence-electron chi connectivity index (χ3n) is 6.45. The Labute approximate surface area is 304 Å². The van der Waals surface area contributed by atoms with Crippen LogP contribution in [0.3, 0.4) is 0 Å². The summed E-state index contributed by atoms with van der Waals surface area (Å²) in [6, 6.07) is 1.95. The van der Waals surface area contributed by atoms with Crippen LogP contribution in [0.4, 0.5) is 50.4 Å². The lowest BCUT2D eigenvalue weighted by Gasteiger charge is -2.23. The second-order valence-electron chi connectivity index (χ2n) is 13.3. The number of amides is 3. The van der Waals surface area contributed by atoms with Crippen LogP contribution in [0.1, 0.15) is 83.1 Å². The van der Waals surface area contributed by atoms with Gasteiger partial charge in [-0.25, -0.2) is 27.2 Å². The molecule has 0 fully saturated rings. The van der Waals surface area contributed by atoms with Crippen LogP contribution in [0.5, 0.6) is 0 Å². The highest BCUT2D eigenvalue weighted by molar-refractivity contribution is 5.97. The van der Waals surface area contributed by atoms with Crippen molar-refractivity contribution in [2.45, 2.75) is 78.0 Å². The number of ether oxygens (including phenoxy) is 2. The second kappa shape index (κ2) is 17.7. The molecule has 0 radical (unpaired) electrons. The Kier molecular flexibility index (Phi) is 14.0. The molecule has 10 nitrogen and oxygen atoms in total. The molecule has 0 spiro atoms. The zero-order chi connectivity index (χ0) is 40.5. The van der Waals surface area contributed by atoms with E-state index in [1.807, 2.05) is 11.8 Å². The maximum absolute atomic E-state index is 14.2. The van der Waals surface area contributed by atoms with E-state index in [4.69, 9.17) is 9.47 Å². The molecule has 3 rings (SSSR count). The van der Waals surface area contributed by atoms with Gasteiger partial charge >= 0.3 is 12.2 Å². The van der Waals surface area contributed by atoms with Crippen LogP contribution in [0, 0.1) is 70.7 Å². The molecule has 1 atom stereocenters. The molecule has 0 saturated carbocycles. The molecule has 0 aliphatic heterocycles. The molecule has 2 aromatic heterocycles. The quantitative estimate of drug-likeness (QED) is 0.0983. The second-order valence-corrected chi connectivity index (χ2v) is 13.3. The van der Waals surface area contributed by atoms with Crippen LogP contribution in [-0.4, -0.2) is 51.9 Å². The van der Waals surface area contributed by atoms with E-state index in [1.165, 1.54) is 0 Å². The molecule has 0 unspecified atom stereocenters. The monoisotopic (exact) mass is 767 g/mol. The van der Waals surface area contributed by atoms with Gasteiger partial charge in [-0.05, 0) is 79.0 Å². The molecular weight excluding hydrogens is 734 g/mol. The molecule has 2 heterocycles. The number of carbonyl (C=O) groups excluding carboxylic acids is 3. The van der Waals surface area contributed by atoms with E-state index < -0.39 is 93.5 Å². The molecule has 18 heteroatoms. The summed E-state index contributed by atoms with van der Waals surface area (Å²) in [7, 11) is 0. The summed E-state index contributed by atoms with van der Waals surface area (Å²) in [5.74, 6) is -8.25. The Bertz CT molecular complexity index is 1910. The van der Waals surface area contributed by atoms with E-state index in [2.05, 4.69) is 37.8 Å². The number of benzene rings is 1. The van der Waals surface area contributed by atoms with Gasteiger partial charge in [0.25, 0.3) is 23.8 Å². The van der Waals surface area contributed by atoms with Crippen molar-refractivity contribution in [3.8, 4) is 23.7 Å². The number of hydrogen-bond donors (Lipinski definition) is 3. The third-order valence-corrected chi connectivity index (χ3v) is 6.45. The fourth-order valence-electron chi connectivity index (χ4n) is 4.23. The predicted molar refractivity (Wildman–Crippen MR) is 176 cm³/mol. The van der Waals surface area contributed by atoms with Crippen LogP contribution >= 0.6 is 0 Å². The van der Waals surface area contributed by atoms with Crippen molar-refractivity contribution >= 4 is 23.8 Å². The minimum Gasteiger partial charge on any atom is -0.444 e. The summed E-state index contributed by atoms with van der Waals surface area (Å²) in [5, 5.41) is 7.45. The number of unbranched alkanes of at least 4 members (excludes halogenated alkanes) is 1. The highest BCUT2D eigenvalue weighted by Gasteiger charge is 2.25. The number of anilines is 1. The van der Waals surface area contributed by atoms with Crippen molar-refractivity contribution in [1.82, 2.24) is 20.6 Å². The van der Waals surface area contributed by atoms with Crippen molar-refractivity contribution in [3.05, 3.63) is 87.5 Å². The number of hydrogen-bond acceptors (Lipinski definition) is 7. The van der Waals surface area contributed by atoms with Crippen LogP contribution in [0.15, 0.2) is 18.2 Å². The largest absolute Gasteiger partial charge is 0.444 e. The molecule has 0 aliphatic carbocycles. The lowest BCUT2D eigenvalue weighted by molar-refractivity contribution is -0.118. The van der Waals surface area contributed by atoms with Crippen LogP contribution < -0.4 is 16.0 Å². The Balaban J connectivity index is 2.00. The van der Waals surface area contributed by atoms with Gasteiger partial charge in [0.05, 0.1) is 0 Å².